The lowest BCUT2D eigenvalue weighted by molar-refractivity contribution is -0.133. The highest BCUT2D eigenvalue weighted by Crippen LogP contribution is 2.17. The number of hydrogen-bond acceptors (Lipinski definition) is 2. The van der Waals surface area contributed by atoms with Crippen molar-refractivity contribution in [2.75, 3.05) is 19.6 Å². The van der Waals surface area contributed by atoms with Gasteiger partial charge < -0.3 is 10.2 Å². The molecule has 2 rings (SSSR count). The predicted octanol–water partition coefficient (Wildman–Crippen LogP) is 3.26. The number of benzene rings is 1. The van der Waals surface area contributed by atoms with Gasteiger partial charge in [0, 0.05) is 12.6 Å². The molecule has 1 N–H and O–H groups in total. The van der Waals surface area contributed by atoms with Crippen molar-refractivity contribution >= 4 is 18.3 Å². The van der Waals surface area contributed by atoms with Crippen molar-refractivity contribution in [2.45, 2.75) is 52.5 Å². The number of nitrogens with zero attached hydrogens (tertiary/aromatic N) is 1. The van der Waals surface area contributed by atoms with Gasteiger partial charge in [0.05, 0.1) is 6.42 Å². The minimum Gasteiger partial charge on any atom is -0.339 e. The Morgan fingerprint density at radius 2 is 1.95 bits per heavy atom. The van der Waals surface area contributed by atoms with Gasteiger partial charge in [0.25, 0.3) is 0 Å². The molecule has 1 amide bonds. The van der Waals surface area contributed by atoms with Crippen LogP contribution in [0.2, 0.25) is 0 Å². The first kappa shape index (κ1) is 19.0. The second-order valence-electron chi connectivity index (χ2n) is 6.18. The van der Waals surface area contributed by atoms with E-state index in [1.807, 2.05) is 0 Å². The first-order valence-electron chi connectivity index (χ1n) is 8.18. The number of carbonyl (C=O) groups excluding carboxylic acids is 1. The zero-order chi connectivity index (χ0) is 15.2. The third-order valence-corrected chi connectivity index (χ3v) is 4.38. The smallest absolute Gasteiger partial charge is 0.227 e. The van der Waals surface area contributed by atoms with E-state index < -0.39 is 0 Å². The Morgan fingerprint density at radius 1 is 1.27 bits per heavy atom. The van der Waals surface area contributed by atoms with Crippen molar-refractivity contribution in [1.82, 2.24) is 10.2 Å². The van der Waals surface area contributed by atoms with Gasteiger partial charge in [0.15, 0.2) is 0 Å². The van der Waals surface area contributed by atoms with Crippen molar-refractivity contribution in [3.05, 3.63) is 34.9 Å². The monoisotopic (exact) mass is 324 g/mol. The molecule has 1 saturated heterocycles. The fraction of sp³-hybridized carbons (Fsp3) is 0.611. The van der Waals surface area contributed by atoms with E-state index in [9.17, 15) is 4.79 Å². The van der Waals surface area contributed by atoms with Crippen LogP contribution in [0.3, 0.4) is 0 Å². The molecule has 4 heteroatoms. The summed E-state index contributed by atoms with van der Waals surface area (Å²) in [5.41, 5.74) is 3.62. The summed E-state index contributed by atoms with van der Waals surface area (Å²) in [5.74, 6) is 0.289. The summed E-state index contributed by atoms with van der Waals surface area (Å²) in [6.07, 6.45) is 3.73. The largest absolute Gasteiger partial charge is 0.339 e. The quantitative estimate of drug-likeness (QED) is 0.901. The predicted molar refractivity (Wildman–Crippen MR) is 94.8 cm³/mol. The van der Waals surface area contributed by atoms with Crippen molar-refractivity contribution in [2.24, 2.45) is 0 Å². The lowest BCUT2D eigenvalue weighted by Gasteiger charge is -2.35. The number of aryl methyl sites for hydroxylation is 2. The number of carbonyl (C=O) groups is 1. The summed E-state index contributed by atoms with van der Waals surface area (Å²) in [5, 5.41) is 3.38. The van der Waals surface area contributed by atoms with Gasteiger partial charge in [0.1, 0.15) is 0 Å². The lowest BCUT2D eigenvalue weighted by atomic mass is 10.00. The number of nitrogens with one attached hydrogen (secondary N) is 1. The highest BCUT2D eigenvalue weighted by molar-refractivity contribution is 5.85. The molecule has 22 heavy (non-hydrogen) atoms. The molecule has 3 nitrogen and oxygen atoms in total. The van der Waals surface area contributed by atoms with Crippen molar-refractivity contribution in [3.8, 4) is 0 Å². The van der Waals surface area contributed by atoms with E-state index in [0.717, 1.165) is 38.9 Å². The molecular formula is C18H29ClN2O. The second kappa shape index (κ2) is 9.16. The summed E-state index contributed by atoms with van der Waals surface area (Å²) in [6.45, 7) is 9.28. The molecule has 0 saturated carbocycles. The van der Waals surface area contributed by atoms with Crippen LogP contribution in [0.1, 0.15) is 42.9 Å². The maximum absolute atomic E-state index is 12.8. The van der Waals surface area contributed by atoms with Crippen LogP contribution in [0, 0.1) is 13.8 Å². The Bertz CT molecular complexity index is 484. The molecule has 0 aliphatic carbocycles. The molecular weight excluding hydrogens is 296 g/mol. The van der Waals surface area contributed by atoms with Gasteiger partial charge in [-0.2, -0.15) is 0 Å². The third kappa shape index (κ3) is 4.99. The van der Waals surface area contributed by atoms with Crippen LogP contribution in [-0.2, 0) is 11.2 Å². The minimum absolute atomic E-state index is 0. The van der Waals surface area contributed by atoms with Gasteiger partial charge >= 0.3 is 0 Å². The Morgan fingerprint density at radius 3 is 2.59 bits per heavy atom. The maximum atomic E-state index is 12.8. The SMILES string of the molecule is CCCN(C(=O)Cc1cc(C)ccc1C)C1CCNCC1.Cl. The Balaban J connectivity index is 0.00000242. The van der Waals surface area contributed by atoms with Crippen LogP contribution in [-0.4, -0.2) is 36.5 Å². The number of rotatable bonds is 5. The van der Waals surface area contributed by atoms with Crippen LogP contribution in [0.5, 0.6) is 0 Å². The first-order valence-corrected chi connectivity index (χ1v) is 8.18. The van der Waals surface area contributed by atoms with E-state index in [4.69, 9.17) is 0 Å². The standard InChI is InChI=1S/C18H28N2O.ClH/c1-4-11-20(17-7-9-19-10-8-17)18(21)13-16-12-14(2)5-6-15(16)3;/h5-6,12,17,19H,4,7-11,13H2,1-3H3;1H. The van der Waals surface area contributed by atoms with E-state index in [0.29, 0.717) is 12.5 Å². The van der Waals surface area contributed by atoms with E-state index in [1.54, 1.807) is 0 Å². The van der Waals surface area contributed by atoms with Crippen LogP contribution in [0.15, 0.2) is 18.2 Å². The highest BCUT2D eigenvalue weighted by atomic mass is 35.5. The topological polar surface area (TPSA) is 32.3 Å². The van der Waals surface area contributed by atoms with Crippen molar-refractivity contribution in [1.29, 1.82) is 0 Å². The maximum Gasteiger partial charge on any atom is 0.227 e. The third-order valence-electron chi connectivity index (χ3n) is 4.38. The lowest BCUT2D eigenvalue weighted by Crippen LogP contribution is -2.47. The molecule has 124 valence electrons. The van der Waals surface area contributed by atoms with Gasteiger partial charge in [-0.3, -0.25) is 4.79 Å². The fourth-order valence-corrected chi connectivity index (χ4v) is 3.13. The average Bonchev–Trinajstić information content (AvgIpc) is 2.49. The molecule has 0 spiro atoms. The Kier molecular flexibility index (Phi) is 7.91. The van der Waals surface area contributed by atoms with Crippen LogP contribution in [0.4, 0.5) is 0 Å². The molecule has 0 aromatic heterocycles. The molecule has 1 aromatic carbocycles. The molecule has 0 bridgehead atoms. The Labute approximate surface area is 140 Å². The van der Waals surface area contributed by atoms with Gasteiger partial charge in [-0.15, -0.1) is 12.4 Å². The van der Waals surface area contributed by atoms with Crippen LogP contribution < -0.4 is 5.32 Å². The van der Waals surface area contributed by atoms with Gasteiger partial charge in [-0.05, 0) is 57.3 Å². The second-order valence-corrected chi connectivity index (χ2v) is 6.18. The van der Waals surface area contributed by atoms with Gasteiger partial charge in [0.2, 0.25) is 5.91 Å². The average molecular weight is 325 g/mol. The fourth-order valence-electron chi connectivity index (χ4n) is 3.13. The summed E-state index contributed by atoms with van der Waals surface area (Å²) < 4.78 is 0. The molecule has 0 atom stereocenters. The van der Waals surface area contributed by atoms with E-state index >= 15 is 0 Å². The van der Waals surface area contributed by atoms with Crippen LogP contribution >= 0.6 is 12.4 Å². The number of piperidine rings is 1. The zero-order valence-electron chi connectivity index (χ0n) is 14.0. The highest BCUT2D eigenvalue weighted by Gasteiger charge is 2.24. The first-order chi connectivity index (χ1) is 10.1. The summed E-state index contributed by atoms with van der Waals surface area (Å²) in [4.78, 5) is 14.9. The van der Waals surface area contributed by atoms with Crippen molar-refractivity contribution in [3.63, 3.8) is 0 Å². The molecule has 1 aliphatic rings. The zero-order valence-corrected chi connectivity index (χ0v) is 14.8. The molecule has 1 heterocycles. The molecule has 1 aromatic rings. The summed E-state index contributed by atoms with van der Waals surface area (Å²) in [6, 6.07) is 6.80. The summed E-state index contributed by atoms with van der Waals surface area (Å²) >= 11 is 0. The van der Waals surface area contributed by atoms with Crippen molar-refractivity contribution < 1.29 is 4.79 Å². The van der Waals surface area contributed by atoms with Gasteiger partial charge in [-0.1, -0.05) is 30.7 Å². The van der Waals surface area contributed by atoms with Crippen LogP contribution in [0.25, 0.3) is 0 Å². The molecule has 1 fully saturated rings. The minimum atomic E-state index is 0. The van der Waals surface area contributed by atoms with E-state index in [2.05, 4.69) is 49.2 Å². The van der Waals surface area contributed by atoms with Gasteiger partial charge in [-0.25, -0.2) is 0 Å². The number of halogens is 1. The normalized spacial score (nSPS) is 15.2. The number of hydrogen-bond donors (Lipinski definition) is 1. The van der Waals surface area contributed by atoms with E-state index in [1.165, 1.54) is 16.7 Å². The molecule has 0 unspecified atom stereocenters. The van der Waals surface area contributed by atoms with E-state index in [-0.39, 0.29) is 18.3 Å². The number of amides is 1. The summed E-state index contributed by atoms with van der Waals surface area (Å²) in [7, 11) is 0. The molecule has 0 radical (unpaired) electrons. The Hall–Kier alpha value is -1.06. The molecule has 1 aliphatic heterocycles.